The third-order valence-electron chi connectivity index (χ3n) is 2.21. The van der Waals surface area contributed by atoms with Crippen molar-refractivity contribution in [2.45, 2.75) is 25.9 Å². The van der Waals surface area contributed by atoms with E-state index in [-0.39, 0.29) is 6.61 Å². The van der Waals surface area contributed by atoms with Gasteiger partial charge in [-0.25, -0.2) is 0 Å². The monoisotopic (exact) mass is 258 g/mol. The lowest BCUT2D eigenvalue weighted by Gasteiger charge is -2.07. The third kappa shape index (κ3) is 3.40. The molecule has 1 atom stereocenters. The van der Waals surface area contributed by atoms with E-state index in [4.69, 9.17) is 5.11 Å². The molecule has 0 radical (unpaired) electrons. The number of aliphatic hydroxyl groups is 2. The fraction of sp³-hybridized carbons (Fsp3) is 0.455. The molecule has 0 aliphatic rings. The van der Waals surface area contributed by atoms with Crippen LogP contribution in [0, 0.1) is 6.92 Å². The molecule has 3 heteroatoms. The summed E-state index contributed by atoms with van der Waals surface area (Å²) in [6, 6.07) is 6.15. The van der Waals surface area contributed by atoms with E-state index in [1.165, 1.54) is 11.1 Å². The first-order valence-electron chi connectivity index (χ1n) is 4.67. The van der Waals surface area contributed by atoms with Crippen molar-refractivity contribution in [3.8, 4) is 0 Å². The molecule has 1 aromatic rings. The molecular formula is C11H15BrO2. The highest BCUT2D eigenvalue weighted by atomic mass is 79.9. The van der Waals surface area contributed by atoms with Crippen LogP contribution in [0.2, 0.25) is 0 Å². The highest BCUT2D eigenvalue weighted by molar-refractivity contribution is 9.10. The second kappa shape index (κ2) is 5.49. The smallest absolute Gasteiger partial charge is 0.0774 e. The van der Waals surface area contributed by atoms with Gasteiger partial charge >= 0.3 is 0 Å². The lowest BCUT2D eigenvalue weighted by Crippen LogP contribution is -2.12. The van der Waals surface area contributed by atoms with Gasteiger partial charge in [-0.3, -0.25) is 0 Å². The van der Waals surface area contributed by atoms with Crippen molar-refractivity contribution in [3.05, 3.63) is 33.8 Å². The van der Waals surface area contributed by atoms with E-state index in [1.54, 1.807) is 0 Å². The summed E-state index contributed by atoms with van der Waals surface area (Å²) in [6.45, 7) is 1.88. The summed E-state index contributed by atoms with van der Waals surface area (Å²) in [5.74, 6) is 0. The average molecular weight is 259 g/mol. The van der Waals surface area contributed by atoms with E-state index in [0.29, 0.717) is 6.42 Å². The lowest BCUT2D eigenvalue weighted by atomic mass is 10.1. The highest BCUT2D eigenvalue weighted by Gasteiger charge is 2.03. The molecule has 0 bridgehead atoms. The topological polar surface area (TPSA) is 40.5 Å². The Hall–Kier alpha value is -0.380. The summed E-state index contributed by atoms with van der Waals surface area (Å²) >= 11 is 3.46. The van der Waals surface area contributed by atoms with E-state index in [9.17, 15) is 5.11 Å². The molecule has 1 unspecified atom stereocenters. The number of aliphatic hydroxyl groups excluding tert-OH is 2. The molecule has 14 heavy (non-hydrogen) atoms. The number of halogens is 1. The van der Waals surface area contributed by atoms with E-state index in [2.05, 4.69) is 22.0 Å². The van der Waals surface area contributed by atoms with Gasteiger partial charge in [0.1, 0.15) is 0 Å². The van der Waals surface area contributed by atoms with Gasteiger partial charge < -0.3 is 10.2 Å². The van der Waals surface area contributed by atoms with Crippen molar-refractivity contribution in [2.24, 2.45) is 0 Å². The summed E-state index contributed by atoms with van der Waals surface area (Å²) in [6.07, 6.45) is 0.794. The van der Waals surface area contributed by atoms with Crippen LogP contribution in [0.5, 0.6) is 0 Å². The molecule has 0 fully saturated rings. The lowest BCUT2D eigenvalue weighted by molar-refractivity contribution is 0.0886. The molecule has 0 amide bonds. The molecule has 2 N–H and O–H groups in total. The SMILES string of the molecule is Cc1ccc(CCC(O)CO)cc1Br. The van der Waals surface area contributed by atoms with Crippen LogP contribution >= 0.6 is 15.9 Å². The summed E-state index contributed by atoms with van der Waals surface area (Å²) < 4.78 is 1.09. The van der Waals surface area contributed by atoms with Gasteiger partial charge in [0.15, 0.2) is 0 Å². The average Bonchev–Trinajstić information content (AvgIpc) is 2.19. The molecule has 78 valence electrons. The van der Waals surface area contributed by atoms with Crippen molar-refractivity contribution in [1.82, 2.24) is 0 Å². The Balaban J connectivity index is 2.55. The summed E-state index contributed by atoms with van der Waals surface area (Å²) in [4.78, 5) is 0. The second-order valence-electron chi connectivity index (χ2n) is 3.46. The Morgan fingerprint density at radius 3 is 2.71 bits per heavy atom. The summed E-state index contributed by atoms with van der Waals surface area (Å²) in [5.41, 5.74) is 2.38. The fourth-order valence-corrected chi connectivity index (χ4v) is 1.64. The van der Waals surface area contributed by atoms with E-state index >= 15 is 0 Å². The van der Waals surface area contributed by atoms with Gasteiger partial charge in [0.2, 0.25) is 0 Å². The Bertz CT molecular complexity index is 299. The van der Waals surface area contributed by atoms with Crippen molar-refractivity contribution in [3.63, 3.8) is 0 Å². The Morgan fingerprint density at radius 2 is 2.14 bits per heavy atom. The Kier molecular flexibility index (Phi) is 4.58. The summed E-state index contributed by atoms with van der Waals surface area (Å²) in [5, 5.41) is 17.8. The molecule has 2 nitrogen and oxygen atoms in total. The molecule has 0 heterocycles. The molecule has 0 spiro atoms. The minimum Gasteiger partial charge on any atom is -0.394 e. The van der Waals surface area contributed by atoms with Crippen molar-refractivity contribution in [2.75, 3.05) is 6.61 Å². The van der Waals surface area contributed by atoms with Crippen LogP contribution in [0.4, 0.5) is 0 Å². The predicted molar refractivity (Wildman–Crippen MR) is 60.3 cm³/mol. The van der Waals surface area contributed by atoms with Crippen molar-refractivity contribution >= 4 is 15.9 Å². The largest absolute Gasteiger partial charge is 0.394 e. The van der Waals surface area contributed by atoms with Crippen molar-refractivity contribution < 1.29 is 10.2 Å². The standard InChI is InChI=1S/C11H15BrO2/c1-8-2-3-9(6-11(8)12)4-5-10(14)7-13/h2-3,6,10,13-14H,4-5,7H2,1H3. The maximum Gasteiger partial charge on any atom is 0.0774 e. The number of benzene rings is 1. The molecule has 0 saturated heterocycles. The van der Waals surface area contributed by atoms with Gasteiger partial charge in [-0.2, -0.15) is 0 Å². The normalized spacial score (nSPS) is 12.9. The molecule has 0 aliphatic heterocycles. The van der Waals surface area contributed by atoms with Gasteiger partial charge in [0, 0.05) is 4.47 Å². The second-order valence-corrected chi connectivity index (χ2v) is 4.31. The molecule has 0 aromatic heterocycles. The van der Waals surface area contributed by atoms with Crippen LogP contribution < -0.4 is 0 Å². The predicted octanol–water partition coefficient (Wildman–Crippen LogP) is 2.04. The van der Waals surface area contributed by atoms with Gasteiger partial charge in [0.05, 0.1) is 12.7 Å². The fourth-order valence-electron chi connectivity index (χ4n) is 1.22. The zero-order valence-corrected chi connectivity index (χ0v) is 9.79. The van der Waals surface area contributed by atoms with Crippen LogP contribution in [0.1, 0.15) is 17.5 Å². The van der Waals surface area contributed by atoms with Gasteiger partial charge in [-0.05, 0) is 37.0 Å². The minimum absolute atomic E-state index is 0.160. The first-order chi connectivity index (χ1) is 6.63. The van der Waals surface area contributed by atoms with Crippen LogP contribution in [0.3, 0.4) is 0 Å². The zero-order valence-electron chi connectivity index (χ0n) is 8.20. The number of aryl methyl sites for hydroxylation is 2. The van der Waals surface area contributed by atoms with Crippen LogP contribution in [-0.4, -0.2) is 22.9 Å². The molecular weight excluding hydrogens is 244 g/mol. The Labute approximate surface area is 92.7 Å². The molecule has 1 aromatic carbocycles. The van der Waals surface area contributed by atoms with Gasteiger partial charge in [-0.15, -0.1) is 0 Å². The van der Waals surface area contributed by atoms with E-state index in [0.717, 1.165) is 10.9 Å². The summed E-state index contributed by atoms with van der Waals surface area (Å²) in [7, 11) is 0. The van der Waals surface area contributed by atoms with E-state index in [1.807, 2.05) is 19.1 Å². The first-order valence-corrected chi connectivity index (χ1v) is 5.46. The van der Waals surface area contributed by atoms with Gasteiger partial charge in [-0.1, -0.05) is 28.1 Å². The third-order valence-corrected chi connectivity index (χ3v) is 3.07. The molecule has 0 saturated carbocycles. The zero-order chi connectivity index (χ0) is 10.6. The molecule has 1 rings (SSSR count). The van der Waals surface area contributed by atoms with Gasteiger partial charge in [0.25, 0.3) is 0 Å². The number of hydrogen-bond acceptors (Lipinski definition) is 2. The maximum absolute atomic E-state index is 9.18. The maximum atomic E-state index is 9.18. The number of rotatable bonds is 4. The van der Waals surface area contributed by atoms with E-state index < -0.39 is 6.10 Å². The van der Waals surface area contributed by atoms with Crippen LogP contribution in [-0.2, 0) is 6.42 Å². The van der Waals surface area contributed by atoms with Crippen LogP contribution in [0.25, 0.3) is 0 Å². The highest BCUT2D eigenvalue weighted by Crippen LogP contribution is 2.18. The molecule has 0 aliphatic carbocycles. The quantitative estimate of drug-likeness (QED) is 0.868. The number of hydrogen-bond donors (Lipinski definition) is 2. The first kappa shape index (κ1) is 11.7. The van der Waals surface area contributed by atoms with Crippen molar-refractivity contribution in [1.29, 1.82) is 0 Å². The Morgan fingerprint density at radius 1 is 1.43 bits per heavy atom. The minimum atomic E-state index is -0.602. The van der Waals surface area contributed by atoms with Crippen LogP contribution in [0.15, 0.2) is 22.7 Å².